The van der Waals surface area contributed by atoms with E-state index in [2.05, 4.69) is 4.72 Å². The Morgan fingerprint density at radius 1 is 1.42 bits per heavy atom. The van der Waals surface area contributed by atoms with Gasteiger partial charge in [0.05, 0.1) is 17.8 Å². The first kappa shape index (κ1) is 13.8. The lowest BCUT2D eigenvalue weighted by atomic mass is 10.2. The maximum Gasteiger partial charge on any atom is 0.248 e. The highest BCUT2D eigenvalue weighted by atomic mass is 32.2. The fraction of sp³-hybridized carbons (Fsp3) is 0.364. The molecule has 6 N–H and O–H groups in total. The van der Waals surface area contributed by atoms with Crippen LogP contribution in [0.3, 0.4) is 0 Å². The van der Waals surface area contributed by atoms with Gasteiger partial charge in [0.2, 0.25) is 15.9 Å². The molecule has 7 nitrogen and oxygen atoms in total. The van der Waals surface area contributed by atoms with Gasteiger partial charge in [0.15, 0.2) is 0 Å². The van der Waals surface area contributed by atoms with Crippen LogP contribution in [0.5, 0.6) is 0 Å². The molecule has 0 saturated heterocycles. The van der Waals surface area contributed by atoms with Crippen molar-refractivity contribution in [2.24, 2.45) is 5.73 Å². The lowest BCUT2D eigenvalue weighted by molar-refractivity contribution is 0.1000. The van der Waals surface area contributed by atoms with Crippen molar-refractivity contribution in [3.05, 3.63) is 23.8 Å². The normalized spacial score (nSPS) is 17.1. The van der Waals surface area contributed by atoms with Gasteiger partial charge in [0.25, 0.3) is 0 Å². The van der Waals surface area contributed by atoms with Crippen LogP contribution >= 0.6 is 0 Å². The second kappa shape index (κ2) is 4.48. The number of amides is 1. The van der Waals surface area contributed by atoms with E-state index in [-0.39, 0.29) is 22.8 Å². The van der Waals surface area contributed by atoms with Gasteiger partial charge in [-0.3, -0.25) is 4.79 Å². The van der Waals surface area contributed by atoms with E-state index >= 15 is 0 Å². The van der Waals surface area contributed by atoms with Gasteiger partial charge in [-0.25, -0.2) is 13.1 Å². The van der Waals surface area contributed by atoms with E-state index in [9.17, 15) is 13.2 Å². The summed E-state index contributed by atoms with van der Waals surface area (Å²) in [6.07, 6.45) is 1.17. The Morgan fingerprint density at radius 2 is 2.05 bits per heavy atom. The van der Waals surface area contributed by atoms with Crippen LogP contribution in [-0.4, -0.2) is 31.6 Å². The molecular weight excluding hydrogens is 270 g/mol. The Bertz CT molecular complexity index is 623. The molecule has 1 aliphatic carbocycles. The molecule has 1 fully saturated rings. The first-order chi connectivity index (χ1) is 8.80. The van der Waals surface area contributed by atoms with Gasteiger partial charge in [0.1, 0.15) is 4.90 Å². The van der Waals surface area contributed by atoms with E-state index in [4.69, 9.17) is 16.6 Å². The summed E-state index contributed by atoms with van der Waals surface area (Å²) in [5.74, 6) is -0.683. The number of hydrogen-bond donors (Lipinski definition) is 4. The standard InChI is InChI=1S/C11H15N3O4S/c12-8-5-7(10(13)16)1-2-9(8)19(17,18)14-11(6-15)3-4-11/h1-2,5,14-15H,3-4,6,12H2,(H2,13,16). The Hall–Kier alpha value is -1.64. The van der Waals surface area contributed by atoms with Gasteiger partial charge in [-0.2, -0.15) is 0 Å². The average Bonchev–Trinajstić information content (AvgIpc) is 3.08. The zero-order valence-corrected chi connectivity index (χ0v) is 10.9. The van der Waals surface area contributed by atoms with Crippen molar-refractivity contribution in [3.63, 3.8) is 0 Å². The summed E-state index contributed by atoms with van der Waals surface area (Å²) < 4.78 is 26.7. The van der Waals surface area contributed by atoms with Crippen LogP contribution in [0.2, 0.25) is 0 Å². The quantitative estimate of drug-likeness (QED) is 0.524. The van der Waals surface area contributed by atoms with Crippen LogP contribution in [0.15, 0.2) is 23.1 Å². The summed E-state index contributed by atoms with van der Waals surface area (Å²) in [6, 6.07) is 3.74. The van der Waals surface area contributed by atoms with Crippen molar-refractivity contribution in [2.75, 3.05) is 12.3 Å². The van der Waals surface area contributed by atoms with E-state index in [0.29, 0.717) is 12.8 Å². The molecule has 104 valence electrons. The van der Waals surface area contributed by atoms with Crippen LogP contribution in [0.25, 0.3) is 0 Å². The average molecular weight is 285 g/mol. The number of nitrogen functional groups attached to an aromatic ring is 1. The second-order valence-electron chi connectivity index (χ2n) is 4.66. The van der Waals surface area contributed by atoms with Gasteiger partial charge >= 0.3 is 0 Å². The molecule has 0 heterocycles. The zero-order chi connectivity index (χ0) is 14.3. The van der Waals surface area contributed by atoms with E-state index in [1.165, 1.54) is 18.2 Å². The van der Waals surface area contributed by atoms with Crippen molar-refractivity contribution in [1.29, 1.82) is 0 Å². The van der Waals surface area contributed by atoms with Gasteiger partial charge in [-0.05, 0) is 31.0 Å². The highest BCUT2D eigenvalue weighted by molar-refractivity contribution is 7.89. The topological polar surface area (TPSA) is 136 Å². The van der Waals surface area contributed by atoms with Crippen molar-refractivity contribution >= 4 is 21.6 Å². The molecule has 1 aromatic rings. The number of nitrogens with one attached hydrogen (secondary N) is 1. The highest BCUT2D eigenvalue weighted by Gasteiger charge is 2.45. The number of primary amides is 1. The minimum Gasteiger partial charge on any atom is -0.398 e. The molecule has 0 unspecified atom stereocenters. The minimum atomic E-state index is -3.83. The van der Waals surface area contributed by atoms with Gasteiger partial charge in [0, 0.05) is 5.56 Å². The van der Waals surface area contributed by atoms with Crippen LogP contribution in [0.4, 0.5) is 5.69 Å². The van der Waals surface area contributed by atoms with Crippen molar-refractivity contribution in [1.82, 2.24) is 4.72 Å². The Labute approximate surface area is 110 Å². The summed E-state index contributed by atoms with van der Waals surface area (Å²) >= 11 is 0. The van der Waals surface area contributed by atoms with E-state index in [1.54, 1.807) is 0 Å². The van der Waals surface area contributed by atoms with Gasteiger partial charge in [-0.15, -0.1) is 0 Å². The summed E-state index contributed by atoms with van der Waals surface area (Å²) in [5.41, 5.74) is 10.0. The molecule has 0 atom stereocenters. The molecule has 0 radical (unpaired) electrons. The largest absolute Gasteiger partial charge is 0.398 e. The Balaban J connectivity index is 2.33. The SMILES string of the molecule is NC(=O)c1ccc(S(=O)(=O)NC2(CO)CC2)c(N)c1. The zero-order valence-electron chi connectivity index (χ0n) is 10.1. The smallest absolute Gasteiger partial charge is 0.248 e. The number of carbonyl (C=O) groups excluding carboxylic acids is 1. The lowest BCUT2D eigenvalue weighted by Gasteiger charge is -2.16. The van der Waals surface area contributed by atoms with E-state index in [0.717, 1.165) is 0 Å². The molecule has 0 spiro atoms. The number of benzene rings is 1. The number of sulfonamides is 1. The Morgan fingerprint density at radius 3 is 2.47 bits per heavy atom. The minimum absolute atomic E-state index is 0.0578. The molecule has 19 heavy (non-hydrogen) atoms. The number of aliphatic hydroxyl groups excluding tert-OH is 1. The number of anilines is 1. The van der Waals surface area contributed by atoms with E-state index < -0.39 is 21.5 Å². The molecule has 1 amide bonds. The third-order valence-electron chi connectivity index (χ3n) is 3.09. The van der Waals surface area contributed by atoms with Crippen molar-refractivity contribution in [2.45, 2.75) is 23.3 Å². The monoisotopic (exact) mass is 285 g/mol. The highest BCUT2D eigenvalue weighted by Crippen LogP contribution is 2.36. The van der Waals surface area contributed by atoms with Gasteiger partial charge in [-0.1, -0.05) is 0 Å². The fourth-order valence-electron chi connectivity index (χ4n) is 1.73. The summed E-state index contributed by atoms with van der Waals surface area (Å²) in [4.78, 5) is 10.8. The van der Waals surface area contributed by atoms with Crippen LogP contribution < -0.4 is 16.2 Å². The molecule has 1 aliphatic rings. The molecule has 1 saturated carbocycles. The molecule has 2 rings (SSSR count). The molecule has 0 bridgehead atoms. The maximum atomic E-state index is 12.1. The van der Waals surface area contributed by atoms with E-state index in [1.807, 2.05) is 0 Å². The summed E-state index contributed by atoms with van der Waals surface area (Å²) in [6.45, 7) is -0.258. The van der Waals surface area contributed by atoms with Crippen molar-refractivity contribution < 1.29 is 18.3 Å². The molecule has 0 aliphatic heterocycles. The first-order valence-electron chi connectivity index (χ1n) is 5.64. The lowest BCUT2D eigenvalue weighted by Crippen LogP contribution is -2.39. The fourth-order valence-corrected chi connectivity index (χ4v) is 3.29. The first-order valence-corrected chi connectivity index (χ1v) is 7.12. The number of rotatable bonds is 5. The number of aliphatic hydroxyl groups is 1. The Kier molecular flexibility index (Phi) is 3.25. The third kappa shape index (κ3) is 2.70. The van der Waals surface area contributed by atoms with Crippen molar-refractivity contribution in [3.8, 4) is 0 Å². The number of nitrogens with two attached hydrogens (primary N) is 2. The second-order valence-corrected chi connectivity index (χ2v) is 6.31. The number of hydrogen-bond acceptors (Lipinski definition) is 5. The molecule has 8 heteroatoms. The molecule has 0 aromatic heterocycles. The van der Waals surface area contributed by atoms with Crippen LogP contribution in [-0.2, 0) is 10.0 Å². The summed E-state index contributed by atoms with van der Waals surface area (Å²) in [5, 5.41) is 9.13. The maximum absolute atomic E-state index is 12.1. The molecule has 1 aromatic carbocycles. The predicted octanol–water partition coefficient (Wildman–Crippen LogP) is -0.829. The predicted molar refractivity (Wildman–Crippen MR) is 68.7 cm³/mol. The van der Waals surface area contributed by atoms with Crippen LogP contribution in [0, 0.1) is 0 Å². The van der Waals surface area contributed by atoms with Gasteiger partial charge < -0.3 is 16.6 Å². The van der Waals surface area contributed by atoms with Crippen LogP contribution in [0.1, 0.15) is 23.2 Å². The molecular formula is C11H15N3O4S. The third-order valence-corrected chi connectivity index (χ3v) is 4.74. The number of carbonyl (C=O) groups is 1. The summed E-state index contributed by atoms with van der Waals surface area (Å²) in [7, 11) is -3.83.